The molecule has 6 heteroatoms. The molecule has 0 aromatic rings. The minimum absolute atomic E-state index is 0.0720. The van der Waals surface area contributed by atoms with E-state index in [1.165, 1.54) is 4.90 Å². The van der Waals surface area contributed by atoms with Gasteiger partial charge >= 0.3 is 12.0 Å². The number of likely N-dealkylation sites (tertiary alicyclic amines) is 1. The molecule has 1 aliphatic rings. The summed E-state index contributed by atoms with van der Waals surface area (Å²) in [5, 5.41) is 21.2. The van der Waals surface area contributed by atoms with Crippen LogP contribution in [-0.2, 0) is 4.79 Å². The summed E-state index contributed by atoms with van der Waals surface area (Å²) < 4.78 is 0. The van der Waals surface area contributed by atoms with E-state index in [0.717, 1.165) is 6.42 Å². The first-order valence-electron chi connectivity index (χ1n) is 5.76. The summed E-state index contributed by atoms with van der Waals surface area (Å²) in [6, 6.07) is -1.36. The molecule has 17 heavy (non-hydrogen) atoms. The Morgan fingerprint density at radius 1 is 1.47 bits per heavy atom. The number of aliphatic carboxylic acids is 1. The summed E-state index contributed by atoms with van der Waals surface area (Å²) in [5.41, 5.74) is -0.381. The van der Waals surface area contributed by atoms with Crippen LogP contribution in [0.4, 0.5) is 4.79 Å². The number of amides is 2. The number of carboxylic acid groups (broad SMARTS) is 1. The largest absolute Gasteiger partial charge is 0.480 e. The van der Waals surface area contributed by atoms with E-state index in [1.807, 2.05) is 20.8 Å². The van der Waals surface area contributed by atoms with Gasteiger partial charge in [0.25, 0.3) is 0 Å². The quantitative estimate of drug-likeness (QED) is 0.670. The van der Waals surface area contributed by atoms with Crippen LogP contribution in [-0.4, -0.2) is 51.3 Å². The fourth-order valence-corrected chi connectivity index (χ4v) is 1.72. The van der Waals surface area contributed by atoms with Gasteiger partial charge < -0.3 is 20.4 Å². The molecule has 1 rings (SSSR count). The van der Waals surface area contributed by atoms with Crippen LogP contribution in [0.5, 0.6) is 0 Å². The number of aliphatic hydroxyl groups is 1. The molecular formula is C11H20N2O4. The van der Waals surface area contributed by atoms with Crippen molar-refractivity contribution in [1.29, 1.82) is 0 Å². The number of hydrogen-bond donors (Lipinski definition) is 3. The van der Waals surface area contributed by atoms with Crippen molar-refractivity contribution in [3.63, 3.8) is 0 Å². The highest BCUT2D eigenvalue weighted by Crippen LogP contribution is 2.19. The molecule has 0 spiro atoms. The fraction of sp³-hybridized carbons (Fsp3) is 0.818. The van der Waals surface area contributed by atoms with Crippen LogP contribution in [0, 0.1) is 0 Å². The van der Waals surface area contributed by atoms with Crippen LogP contribution in [0.15, 0.2) is 0 Å². The third-order valence-electron chi connectivity index (χ3n) is 3.15. The predicted molar refractivity (Wildman–Crippen MR) is 61.7 cm³/mol. The lowest BCUT2D eigenvalue weighted by molar-refractivity contribution is -0.141. The fourth-order valence-electron chi connectivity index (χ4n) is 1.72. The first-order chi connectivity index (χ1) is 7.76. The van der Waals surface area contributed by atoms with Crippen molar-refractivity contribution in [3.8, 4) is 0 Å². The van der Waals surface area contributed by atoms with Gasteiger partial charge in [0.1, 0.15) is 6.04 Å². The maximum atomic E-state index is 11.9. The lowest BCUT2D eigenvalue weighted by atomic mass is 10.0. The second-order valence-electron chi connectivity index (χ2n) is 5.06. The summed E-state index contributed by atoms with van der Waals surface area (Å²) in [7, 11) is 0. The average molecular weight is 244 g/mol. The molecule has 0 saturated carbocycles. The Morgan fingerprint density at radius 3 is 2.53 bits per heavy atom. The van der Waals surface area contributed by atoms with E-state index in [-0.39, 0.29) is 18.5 Å². The van der Waals surface area contributed by atoms with Gasteiger partial charge in [0.2, 0.25) is 0 Å². The van der Waals surface area contributed by atoms with Crippen LogP contribution in [0.3, 0.4) is 0 Å². The smallest absolute Gasteiger partial charge is 0.326 e. The molecule has 0 aliphatic carbocycles. The second kappa shape index (κ2) is 4.91. The third-order valence-corrected chi connectivity index (χ3v) is 3.15. The molecule has 0 aromatic carbocycles. The highest BCUT2D eigenvalue weighted by Gasteiger charge is 2.39. The van der Waals surface area contributed by atoms with Crippen LogP contribution in [0.2, 0.25) is 0 Å². The van der Waals surface area contributed by atoms with Crippen molar-refractivity contribution >= 4 is 12.0 Å². The van der Waals surface area contributed by atoms with Gasteiger partial charge in [-0.2, -0.15) is 0 Å². The Bertz CT molecular complexity index is 317. The lowest BCUT2D eigenvalue weighted by Crippen LogP contribution is -2.52. The Kier molecular flexibility index (Phi) is 3.98. The normalized spacial score (nSPS) is 24.8. The predicted octanol–water partition coefficient (Wildman–Crippen LogP) is 0.404. The van der Waals surface area contributed by atoms with Gasteiger partial charge in [0.15, 0.2) is 0 Å². The number of hydrogen-bond acceptors (Lipinski definition) is 3. The van der Waals surface area contributed by atoms with Gasteiger partial charge in [0, 0.05) is 18.5 Å². The van der Waals surface area contributed by atoms with E-state index >= 15 is 0 Å². The van der Waals surface area contributed by atoms with E-state index in [0.29, 0.717) is 0 Å². The summed E-state index contributed by atoms with van der Waals surface area (Å²) in [6.07, 6.45) is 0.0777. The molecule has 98 valence electrons. The summed E-state index contributed by atoms with van der Waals surface area (Å²) in [6.45, 7) is 5.75. The molecule has 1 heterocycles. The van der Waals surface area contributed by atoms with Gasteiger partial charge in [-0.1, -0.05) is 6.92 Å². The highest BCUT2D eigenvalue weighted by atomic mass is 16.4. The first kappa shape index (κ1) is 13.8. The molecule has 0 bridgehead atoms. The van der Waals surface area contributed by atoms with Gasteiger partial charge in [0.05, 0.1) is 6.10 Å². The van der Waals surface area contributed by atoms with E-state index in [2.05, 4.69) is 5.32 Å². The molecule has 2 unspecified atom stereocenters. The number of nitrogens with one attached hydrogen (secondary N) is 1. The maximum absolute atomic E-state index is 11.9. The number of carbonyl (C=O) groups excluding carboxylic acids is 1. The average Bonchev–Trinajstić information content (AvgIpc) is 2.60. The molecule has 6 nitrogen and oxygen atoms in total. The van der Waals surface area contributed by atoms with Crippen molar-refractivity contribution in [1.82, 2.24) is 10.2 Å². The Hall–Kier alpha value is -1.30. The number of rotatable bonds is 3. The van der Waals surface area contributed by atoms with Gasteiger partial charge in [-0.3, -0.25) is 0 Å². The summed E-state index contributed by atoms with van der Waals surface area (Å²) in [4.78, 5) is 24.1. The van der Waals surface area contributed by atoms with Crippen molar-refractivity contribution in [2.75, 3.05) is 6.54 Å². The zero-order valence-electron chi connectivity index (χ0n) is 10.4. The van der Waals surface area contributed by atoms with Crippen LogP contribution >= 0.6 is 0 Å². The minimum Gasteiger partial charge on any atom is -0.480 e. The number of nitrogens with zero attached hydrogens (tertiary/aromatic N) is 1. The van der Waals surface area contributed by atoms with Crippen molar-refractivity contribution in [2.45, 2.75) is 51.3 Å². The Balaban J connectivity index is 2.71. The number of carboxylic acids is 1. The first-order valence-corrected chi connectivity index (χ1v) is 5.76. The Morgan fingerprint density at radius 2 is 2.06 bits per heavy atom. The number of β-amino-alcohol motifs (C(OH)–C–C–N with tert-alkyl or cyclic N) is 1. The molecule has 3 N–H and O–H groups in total. The standard InChI is InChI=1S/C11H20N2O4/c1-4-11(2,3)12-10(17)13-6-7(14)5-8(13)9(15)16/h7-8,14H,4-6H2,1-3H3,(H,12,17)(H,15,16). The zero-order valence-corrected chi connectivity index (χ0v) is 10.4. The van der Waals surface area contributed by atoms with Crippen LogP contribution < -0.4 is 5.32 Å². The molecule has 0 radical (unpaired) electrons. The van der Waals surface area contributed by atoms with Crippen molar-refractivity contribution in [3.05, 3.63) is 0 Å². The zero-order chi connectivity index (χ0) is 13.2. The third kappa shape index (κ3) is 3.33. The topological polar surface area (TPSA) is 89.9 Å². The minimum atomic E-state index is -1.08. The molecule has 2 amide bonds. The summed E-state index contributed by atoms with van der Waals surface area (Å²) >= 11 is 0. The number of carbonyl (C=O) groups is 2. The molecule has 1 fully saturated rings. The molecule has 1 saturated heterocycles. The van der Waals surface area contributed by atoms with Crippen LogP contribution in [0.1, 0.15) is 33.6 Å². The van der Waals surface area contributed by atoms with Crippen molar-refractivity contribution < 1.29 is 19.8 Å². The van der Waals surface area contributed by atoms with E-state index < -0.39 is 24.1 Å². The van der Waals surface area contributed by atoms with Gasteiger partial charge in [-0.15, -0.1) is 0 Å². The number of urea groups is 1. The van der Waals surface area contributed by atoms with Gasteiger partial charge in [-0.05, 0) is 20.3 Å². The summed E-state index contributed by atoms with van der Waals surface area (Å²) in [5.74, 6) is -1.08. The molecular weight excluding hydrogens is 224 g/mol. The maximum Gasteiger partial charge on any atom is 0.326 e. The van der Waals surface area contributed by atoms with E-state index in [9.17, 15) is 14.7 Å². The Labute approximate surface area is 101 Å². The van der Waals surface area contributed by atoms with Crippen LogP contribution in [0.25, 0.3) is 0 Å². The molecule has 1 aliphatic heterocycles. The lowest BCUT2D eigenvalue weighted by Gasteiger charge is -2.29. The SMILES string of the molecule is CCC(C)(C)NC(=O)N1CC(O)CC1C(=O)O. The molecule has 0 aromatic heterocycles. The molecule has 2 atom stereocenters. The second-order valence-corrected chi connectivity index (χ2v) is 5.06. The highest BCUT2D eigenvalue weighted by molar-refractivity contribution is 5.83. The monoisotopic (exact) mass is 244 g/mol. The van der Waals surface area contributed by atoms with E-state index in [4.69, 9.17) is 5.11 Å². The number of aliphatic hydroxyl groups excluding tert-OH is 1. The van der Waals surface area contributed by atoms with Gasteiger partial charge in [-0.25, -0.2) is 9.59 Å². The van der Waals surface area contributed by atoms with Crippen molar-refractivity contribution in [2.24, 2.45) is 0 Å². The van der Waals surface area contributed by atoms with E-state index in [1.54, 1.807) is 0 Å².